The summed E-state index contributed by atoms with van der Waals surface area (Å²) in [5, 5.41) is 0. The van der Waals surface area contributed by atoms with Crippen LogP contribution in [0.15, 0.2) is 109 Å². The summed E-state index contributed by atoms with van der Waals surface area (Å²) in [6, 6.07) is 37.3. The van der Waals surface area contributed by atoms with Gasteiger partial charge in [-0.25, -0.2) is 0 Å². The van der Waals surface area contributed by atoms with Crippen LogP contribution in [0.5, 0.6) is 0 Å². The summed E-state index contributed by atoms with van der Waals surface area (Å²) >= 11 is 0. The van der Waals surface area contributed by atoms with E-state index in [0.717, 1.165) is 27.9 Å². The number of hydrogen-bond acceptors (Lipinski definition) is 1. The predicted molar refractivity (Wildman–Crippen MR) is 126 cm³/mol. The molecule has 0 saturated carbocycles. The van der Waals surface area contributed by atoms with E-state index in [9.17, 15) is 4.79 Å². The lowest BCUT2D eigenvalue weighted by Crippen LogP contribution is -2.42. The Morgan fingerprint density at radius 3 is 1.94 bits per heavy atom. The van der Waals surface area contributed by atoms with Crippen LogP contribution in [-0.2, 0) is 23.2 Å². The van der Waals surface area contributed by atoms with Crippen molar-refractivity contribution in [2.24, 2.45) is 0 Å². The van der Waals surface area contributed by atoms with Gasteiger partial charge in [0.2, 0.25) is 5.91 Å². The SMILES string of the molecule is Cc1ccc2c(c1)C(Cc1ccccc1)(c1ccccc1)C(=O)N2Cc1ccccc1. The number of nitrogens with zero attached hydrogens (tertiary/aromatic N) is 1. The van der Waals surface area contributed by atoms with Crippen LogP contribution in [0.1, 0.15) is 27.8 Å². The van der Waals surface area contributed by atoms with E-state index < -0.39 is 5.41 Å². The molecule has 2 heteroatoms. The van der Waals surface area contributed by atoms with Crippen molar-refractivity contribution in [1.29, 1.82) is 0 Å². The molecule has 0 radical (unpaired) electrons. The Kier molecular flexibility index (Phi) is 4.91. The van der Waals surface area contributed by atoms with Crippen molar-refractivity contribution < 1.29 is 4.79 Å². The minimum absolute atomic E-state index is 0.145. The average molecular weight is 404 g/mol. The molecule has 31 heavy (non-hydrogen) atoms. The van der Waals surface area contributed by atoms with Gasteiger partial charge >= 0.3 is 0 Å². The van der Waals surface area contributed by atoms with Crippen molar-refractivity contribution in [3.05, 3.63) is 137 Å². The van der Waals surface area contributed by atoms with Crippen molar-refractivity contribution in [1.82, 2.24) is 0 Å². The van der Waals surface area contributed by atoms with Gasteiger partial charge in [0.1, 0.15) is 5.41 Å². The first-order valence-electron chi connectivity index (χ1n) is 10.7. The monoisotopic (exact) mass is 403 g/mol. The highest BCUT2D eigenvalue weighted by Crippen LogP contribution is 2.49. The van der Waals surface area contributed by atoms with Crippen LogP contribution in [0.4, 0.5) is 5.69 Å². The van der Waals surface area contributed by atoms with E-state index in [2.05, 4.69) is 61.5 Å². The molecule has 0 aliphatic carbocycles. The molecule has 1 aliphatic heterocycles. The van der Waals surface area contributed by atoms with Crippen molar-refractivity contribution in [2.75, 3.05) is 4.90 Å². The van der Waals surface area contributed by atoms with Gasteiger partial charge in [-0.05, 0) is 41.7 Å². The van der Waals surface area contributed by atoms with Crippen molar-refractivity contribution in [3.8, 4) is 0 Å². The third kappa shape index (κ3) is 3.34. The first kappa shape index (κ1) is 19.3. The van der Waals surface area contributed by atoms with E-state index in [-0.39, 0.29) is 5.91 Å². The Morgan fingerprint density at radius 2 is 1.29 bits per heavy atom. The molecule has 4 aromatic rings. The molecule has 0 aromatic heterocycles. The maximum atomic E-state index is 14.3. The number of carbonyl (C=O) groups is 1. The van der Waals surface area contributed by atoms with E-state index in [4.69, 9.17) is 0 Å². The van der Waals surface area contributed by atoms with Crippen LogP contribution < -0.4 is 4.90 Å². The predicted octanol–water partition coefficient (Wildman–Crippen LogP) is 6.07. The van der Waals surface area contributed by atoms with Crippen LogP contribution in [0.2, 0.25) is 0 Å². The van der Waals surface area contributed by atoms with Gasteiger partial charge in [0.05, 0.1) is 6.54 Å². The second-order valence-corrected chi connectivity index (χ2v) is 8.33. The molecular weight excluding hydrogens is 378 g/mol. The highest BCUT2D eigenvalue weighted by atomic mass is 16.2. The normalized spacial score (nSPS) is 17.6. The first-order chi connectivity index (χ1) is 15.2. The summed E-state index contributed by atoms with van der Waals surface area (Å²) in [6.07, 6.45) is 0.637. The van der Waals surface area contributed by atoms with E-state index >= 15 is 0 Å². The number of anilines is 1. The van der Waals surface area contributed by atoms with Crippen molar-refractivity contribution in [3.63, 3.8) is 0 Å². The molecule has 1 aliphatic rings. The molecule has 1 amide bonds. The lowest BCUT2D eigenvalue weighted by molar-refractivity contribution is -0.122. The van der Waals surface area contributed by atoms with Gasteiger partial charge in [-0.1, -0.05) is 109 Å². The average Bonchev–Trinajstić information content (AvgIpc) is 3.04. The third-order valence-electron chi connectivity index (χ3n) is 6.28. The summed E-state index contributed by atoms with van der Waals surface area (Å²) in [6.45, 7) is 2.67. The zero-order valence-corrected chi connectivity index (χ0v) is 17.7. The highest BCUT2D eigenvalue weighted by Gasteiger charge is 2.51. The fraction of sp³-hybridized carbons (Fsp3) is 0.138. The van der Waals surface area contributed by atoms with E-state index in [1.54, 1.807) is 0 Å². The van der Waals surface area contributed by atoms with Gasteiger partial charge in [-0.2, -0.15) is 0 Å². The molecule has 152 valence electrons. The maximum Gasteiger partial charge on any atom is 0.242 e. The standard InChI is InChI=1S/C29H25NO/c1-22-17-18-27-26(19-22)29(25-15-9-4-10-16-25,20-23-11-5-2-6-12-23)28(31)30(27)21-24-13-7-3-8-14-24/h2-19H,20-21H2,1H3. The lowest BCUT2D eigenvalue weighted by atomic mass is 9.71. The fourth-order valence-electron chi connectivity index (χ4n) is 4.78. The minimum atomic E-state index is -0.737. The Labute approximate surface area is 183 Å². The molecular formula is C29H25NO. The topological polar surface area (TPSA) is 20.3 Å². The summed E-state index contributed by atoms with van der Waals surface area (Å²) in [5.41, 5.74) is 5.88. The van der Waals surface area contributed by atoms with Gasteiger partial charge in [0.15, 0.2) is 0 Å². The van der Waals surface area contributed by atoms with Crippen LogP contribution in [-0.4, -0.2) is 5.91 Å². The van der Waals surface area contributed by atoms with Gasteiger partial charge in [0.25, 0.3) is 0 Å². The number of carbonyl (C=O) groups excluding carboxylic acids is 1. The van der Waals surface area contributed by atoms with E-state index in [0.29, 0.717) is 13.0 Å². The summed E-state index contributed by atoms with van der Waals surface area (Å²) in [7, 11) is 0. The van der Waals surface area contributed by atoms with E-state index in [1.807, 2.05) is 59.5 Å². The second kappa shape index (κ2) is 7.88. The van der Waals surface area contributed by atoms with E-state index in [1.165, 1.54) is 5.56 Å². The largest absolute Gasteiger partial charge is 0.307 e. The molecule has 0 bridgehead atoms. The fourth-order valence-corrected chi connectivity index (χ4v) is 4.78. The molecule has 5 rings (SSSR count). The Morgan fingerprint density at radius 1 is 0.710 bits per heavy atom. The lowest BCUT2D eigenvalue weighted by Gasteiger charge is -2.30. The summed E-state index contributed by atoms with van der Waals surface area (Å²) in [4.78, 5) is 16.3. The molecule has 0 fully saturated rings. The Hall–Kier alpha value is -3.65. The number of fused-ring (bicyclic) bond motifs is 1. The Balaban J connectivity index is 1.71. The van der Waals surface area contributed by atoms with Gasteiger partial charge in [-0.3, -0.25) is 4.79 Å². The number of aryl methyl sites for hydroxylation is 1. The molecule has 0 N–H and O–H groups in total. The van der Waals surface area contributed by atoms with Gasteiger partial charge in [0, 0.05) is 5.69 Å². The third-order valence-corrected chi connectivity index (χ3v) is 6.28. The second-order valence-electron chi connectivity index (χ2n) is 8.33. The number of amides is 1. The quantitative estimate of drug-likeness (QED) is 0.396. The maximum absolute atomic E-state index is 14.3. The van der Waals surface area contributed by atoms with Crippen LogP contribution in [0.3, 0.4) is 0 Å². The van der Waals surface area contributed by atoms with Gasteiger partial charge in [-0.15, -0.1) is 0 Å². The van der Waals surface area contributed by atoms with Gasteiger partial charge < -0.3 is 4.90 Å². The number of rotatable bonds is 5. The molecule has 0 spiro atoms. The minimum Gasteiger partial charge on any atom is -0.307 e. The van der Waals surface area contributed by atoms with Crippen LogP contribution >= 0.6 is 0 Å². The molecule has 1 unspecified atom stereocenters. The summed E-state index contributed by atoms with van der Waals surface area (Å²) in [5.74, 6) is 0.145. The molecule has 2 nitrogen and oxygen atoms in total. The van der Waals surface area contributed by atoms with Crippen molar-refractivity contribution in [2.45, 2.75) is 25.3 Å². The van der Waals surface area contributed by atoms with Crippen LogP contribution in [0.25, 0.3) is 0 Å². The highest BCUT2D eigenvalue weighted by molar-refractivity contribution is 6.10. The zero-order chi connectivity index (χ0) is 21.3. The molecule has 0 saturated heterocycles. The number of benzene rings is 4. The zero-order valence-electron chi connectivity index (χ0n) is 17.7. The molecule has 1 atom stereocenters. The molecule has 1 heterocycles. The summed E-state index contributed by atoms with van der Waals surface area (Å²) < 4.78 is 0. The first-order valence-corrected chi connectivity index (χ1v) is 10.7. The van der Waals surface area contributed by atoms with Crippen molar-refractivity contribution >= 4 is 11.6 Å². The van der Waals surface area contributed by atoms with Crippen LogP contribution in [0, 0.1) is 6.92 Å². The Bertz CT molecular complexity index is 1200. The molecule has 4 aromatic carbocycles. The number of hydrogen-bond donors (Lipinski definition) is 0. The smallest absolute Gasteiger partial charge is 0.242 e.